The molecule has 2 heterocycles. The lowest BCUT2D eigenvalue weighted by molar-refractivity contribution is -0.925. The summed E-state index contributed by atoms with van der Waals surface area (Å²) in [5.41, 5.74) is 1.34. The van der Waals surface area contributed by atoms with Crippen LogP contribution in [-0.2, 0) is 20.8 Å². The van der Waals surface area contributed by atoms with Crippen LogP contribution >= 0.6 is 11.6 Å². The molecule has 0 amide bonds. The Kier molecular flexibility index (Phi) is 8.21. The molecule has 4 nitrogen and oxygen atoms in total. The number of quaternary nitrogens is 1. The highest BCUT2D eigenvalue weighted by Gasteiger charge is 2.45. The highest BCUT2D eigenvalue weighted by atomic mass is 35.5. The summed E-state index contributed by atoms with van der Waals surface area (Å²) < 4.78 is 11.5. The Morgan fingerprint density at radius 3 is 2.85 bits per heavy atom. The molecule has 0 saturated carbocycles. The Morgan fingerprint density at radius 2 is 2.12 bits per heavy atom. The first-order valence-corrected chi connectivity index (χ1v) is 9.88. The van der Waals surface area contributed by atoms with Gasteiger partial charge in [0.05, 0.1) is 19.3 Å². The fourth-order valence-electron chi connectivity index (χ4n) is 4.26. The minimum Gasteiger partial charge on any atom is -1.00 e. The highest BCUT2D eigenvalue weighted by Crippen LogP contribution is 2.36. The van der Waals surface area contributed by atoms with Crippen molar-refractivity contribution in [3.05, 3.63) is 34.9 Å². The summed E-state index contributed by atoms with van der Waals surface area (Å²) in [6.07, 6.45) is 5.99. The molecule has 2 fully saturated rings. The van der Waals surface area contributed by atoms with Crippen LogP contribution in [0, 0.1) is 0 Å². The first-order valence-electron chi connectivity index (χ1n) is 9.50. The summed E-state index contributed by atoms with van der Waals surface area (Å²) in [5.74, 6) is -0.106. The maximum absolute atomic E-state index is 11.6. The van der Waals surface area contributed by atoms with Crippen molar-refractivity contribution in [2.75, 3.05) is 19.7 Å². The number of nitrogens with one attached hydrogen (secondary N) is 1. The molecule has 1 aromatic carbocycles. The van der Waals surface area contributed by atoms with Gasteiger partial charge in [0.15, 0.2) is 0 Å². The van der Waals surface area contributed by atoms with Gasteiger partial charge in [0, 0.05) is 17.0 Å². The predicted octanol–water partition coefficient (Wildman–Crippen LogP) is -0.216. The highest BCUT2D eigenvalue weighted by molar-refractivity contribution is 6.30. The molecule has 2 saturated heterocycles. The molecular formula is C20H29Cl2NO3. The molecule has 1 N–H and O–H groups in total. The molecular weight excluding hydrogens is 373 g/mol. The molecule has 0 radical (unpaired) electrons. The van der Waals surface area contributed by atoms with E-state index in [2.05, 4.69) is 12.1 Å². The third-order valence-electron chi connectivity index (χ3n) is 5.42. The molecule has 26 heavy (non-hydrogen) atoms. The molecule has 3 atom stereocenters. The van der Waals surface area contributed by atoms with Crippen molar-refractivity contribution in [3.8, 4) is 0 Å². The van der Waals surface area contributed by atoms with Crippen molar-refractivity contribution in [2.45, 2.75) is 63.7 Å². The minimum atomic E-state index is -0.106. The van der Waals surface area contributed by atoms with Gasteiger partial charge in [-0.15, -0.1) is 0 Å². The van der Waals surface area contributed by atoms with E-state index in [1.54, 1.807) is 4.90 Å². The summed E-state index contributed by atoms with van der Waals surface area (Å²) in [6.45, 7) is 5.58. The van der Waals surface area contributed by atoms with Crippen LogP contribution in [0.4, 0.5) is 0 Å². The summed E-state index contributed by atoms with van der Waals surface area (Å²) in [4.78, 5) is 13.1. The Hall–Kier alpha value is -0.810. The zero-order valence-corrected chi connectivity index (χ0v) is 17.0. The number of esters is 1. The quantitative estimate of drug-likeness (QED) is 0.670. The van der Waals surface area contributed by atoms with E-state index in [9.17, 15) is 4.79 Å². The number of benzene rings is 1. The molecule has 1 aromatic rings. The van der Waals surface area contributed by atoms with Crippen LogP contribution < -0.4 is 17.3 Å². The Labute approximate surface area is 167 Å². The molecule has 0 aliphatic carbocycles. The number of ether oxygens (including phenoxy) is 2. The molecule has 0 aromatic heterocycles. The second-order valence-electron chi connectivity index (χ2n) is 7.39. The van der Waals surface area contributed by atoms with Crippen molar-refractivity contribution < 1.29 is 31.6 Å². The lowest BCUT2D eigenvalue weighted by atomic mass is 9.89. The zero-order chi connectivity index (χ0) is 17.7. The average Bonchev–Trinajstić information content (AvgIpc) is 2.98. The van der Waals surface area contributed by atoms with E-state index in [4.69, 9.17) is 21.1 Å². The average molecular weight is 402 g/mol. The van der Waals surface area contributed by atoms with Crippen LogP contribution in [0.25, 0.3) is 0 Å². The lowest BCUT2D eigenvalue weighted by Crippen LogP contribution is -3.13. The van der Waals surface area contributed by atoms with Crippen molar-refractivity contribution >= 4 is 17.6 Å². The first kappa shape index (κ1) is 21.5. The van der Waals surface area contributed by atoms with Gasteiger partial charge in [0.1, 0.15) is 18.7 Å². The lowest BCUT2D eigenvalue weighted by Gasteiger charge is -2.37. The van der Waals surface area contributed by atoms with Gasteiger partial charge in [-0.2, -0.15) is 0 Å². The molecule has 1 spiro atoms. The number of likely N-dealkylation sites (tertiary alicyclic amines) is 1. The molecule has 3 rings (SSSR count). The molecule has 146 valence electrons. The normalized spacial score (nSPS) is 27.9. The predicted molar refractivity (Wildman–Crippen MR) is 97.8 cm³/mol. The number of carbonyl (C=O) groups excluding carboxylic acids is 1. The largest absolute Gasteiger partial charge is 1.00 e. The van der Waals surface area contributed by atoms with E-state index >= 15 is 0 Å². The van der Waals surface area contributed by atoms with Crippen molar-refractivity contribution in [3.63, 3.8) is 0 Å². The second-order valence-corrected chi connectivity index (χ2v) is 7.83. The minimum absolute atomic E-state index is 0. The van der Waals surface area contributed by atoms with Gasteiger partial charge in [-0.3, -0.25) is 4.79 Å². The van der Waals surface area contributed by atoms with Gasteiger partial charge in [0.2, 0.25) is 0 Å². The Bertz CT molecular complexity index is 581. The van der Waals surface area contributed by atoms with Crippen molar-refractivity contribution in [2.24, 2.45) is 0 Å². The third kappa shape index (κ3) is 5.85. The molecule has 6 heteroatoms. The fourth-order valence-corrected chi connectivity index (χ4v) is 4.39. The van der Waals surface area contributed by atoms with Crippen molar-refractivity contribution in [1.29, 1.82) is 0 Å². The molecule has 0 bridgehead atoms. The summed E-state index contributed by atoms with van der Waals surface area (Å²) in [7, 11) is 0. The molecule has 1 unspecified atom stereocenters. The first-order chi connectivity index (χ1) is 12.1. The van der Waals surface area contributed by atoms with Gasteiger partial charge in [-0.25, -0.2) is 0 Å². The number of rotatable bonds is 6. The van der Waals surface area contributed by atoms with E-state index in [0.29, 0.717) is 13.0 Å². The Balaban J connectivity index is 0.00000243. The van der Waals surface area contributed by atoms with Crippen molar-refractivity contribution in [1.82, 2.24) is 0 Å². The second kappa shape index (κ2) is 9.93. The van der Waals surface area contributed by atoms with E-state index < -0.39 is 0 Å². The maximum Gasteiger partial charge on any atom is 0.305 e. The summed E-state index contributed by atoms with van der Waals surface area (Å²) >= 11 is 5.98. The smallest absolute Gasteiger partial charge is 0.305 e. The van der Waals surface area contributed by atoms with Gasteiger partial charge in [-0.05, 0) is 51.2 Å². The Morgan fingerprint density at radius 1 is 1.35 bits per heavy atom. The van der Waals surface area contributed by atoms with Gasteiger partial charge in [0.25, 0.3) is 0 Å². The third-order valence-corrected chi connectivity index (χ3v) is 5.67. The van der Waals surface area contributed by atoms with E-state index in [1.165, 1.54) is 18.5 Å². The van der Waals surface area contributed by atoms with E-state index in [-0.39, 0.29) is 30.1 Å². The number of halogens is 2. The molecule has 2 aliphatic heterocycles. The standard InChI is InChI=1S/C20H28ClNO3.ClH/c1-2-24-19(23)9-8-18-10-12-20(25-18)11-3-13-22(15-20)14-16-4-6-17(21)7-5-16;/h4-7,18H,2-3,8-15H2,1H3;1H/t18-,20-;/m0./s1. The van der Waals surface area contributed by atoms with Crippen LogP contribution in [0.5, 0.6) is 0 Å². The van der Waals surface area contributed by atoms with Gasteiger partial charge in [-0.1, -0.05) is 23.7 Å². The molecule has 2 aliphatic rings. The number of piperidine rings is 1. The fraction of sp³-hybridized carbons (Fsp3) is 0.650. The van der Waals surface area contributed by atoms with Crippen LogP contribution in [-0.4, -0.2) is 37.4 Å². The van der Waals surface area contributed by atoms with Gasteiger partial charge < -0.3 is 26.8 Å². The zero-order valence-electron chi connectivity index (χ0n) is 15.4. The number of hydrogen-bond donors (Lipinski definition) is 1. The monoisotopic (exact) mass is 401 g/mol. The topological polar surface area (TPSA) is 40.0 Å². The van der Waals surface area contributed by atoms with Crippen LogP contribution in [0.3, 0.4) is 0 Å². The van der Waals surface area contributed by atoms with E-state index in [0.717, 1.165) is 43.8 Å². The summed E-state index contributed by atoms with van der Waals surface area (Å²) in [5, 5.41) is 0.789. The summed E-state index contributed by atoms with van der Waals surface area (Å²) in [6, 6.07) is 8.17. The number of hydrogen-bond acceptors (Lipinski definition) is 3. The number of carbonyl (C=O) groups is 1. The van der Waals surface area contributed by atoms with E-state index in [1.807, 2.05) is 19.1 Å². The van der Waals surface area contributed by atoms with Gasteiger partial charge >= 0.3 is 5.97 Å². The maximum atomic E-state index is 11.6. The van der Waals surface area contributed by atoms with Crippen LogP contribution in [0.1, 0.15) is 51.0 Å². The van der Waals surface area contributed by atoms with Crippen LogP contribution in [0.15, 0.2) is 24.3 Å². The SMILES string of the molecule is CCOC(=O)CC[C@H]1CC[C@]2(CCC[NH+](Cc3ccc(Cl)cc3)C2)O1.[Cl-]. The van der Waals surface area contributed by atoms with Crippen LogP contribution in [0.2, 0.25) is 5.02 Å².